The molecule has 0 bridgehead atoms. The number of carbonyl (C=O) groups is 1. The Morgan fingerprint density at radius 3 is 2.53 bits per heavy atom. The Balaban J connectivity index is 2.42. The van der Waals surface area contributed by atoms with E-state index in [2.05, 4.69) is 25.7 Å². The maximum absolute atomic E-state index is 11.5. The van der Waals surface area contributed by atoms with E-state index in [4.69, 9.17) is 11.5 Å². The molecule has 1 aromatic rings. The van der Waals surface area contributed by atoms with E-state index < -0.39 is 5.91 Å². The van der Waals surface area contributed by atoms with E-state index in [1.54, 1.807) is 0 Å². The van der Waals surface area contributed by atoms with Crippen LogP contribution >= 0.6 is 11.3 Å². The van der Waals surface area contributed by atoms with Crippen LogP contribution in [0.2, 0.25) is 0 Å². The first-order valence-corrected chi connectivity index (χ1v) is 7.74. The number of anilines is 2. The van der Waals surface area contributed by atoms with Crippen molar-refractivity contribution in [3.8, 4) is 0 Å². The van der Waals surface area contributed by atoms with Gasteiger partial charge in [-0.3, -0.25) is 4.79 Å². The van der Waals surface area contributed by atoms with E-state index in [0.717, 1.165) is 18.1 Å². The summed E-state index contributed by atoms with van der Waals surface area (Å²) in [4.78, 5) is 14.3. The van der Waals surface area contributed by atoms with Crippen LogP contribution in [-0.4, -0.2) is 19.0 Å². The second-order valence-electron chi connectivity index (χ2n) is 5.63. The lowest BCUT2D eigenvalue weighted by Crippen LogP contribution is -2.27. The number of hydrogen-bond donors (Lipinski definition) is 2. The third-order valence-electron chi connectivity index (χ3n) is 3.43. The Morgan fingerprint density at radius 1 is 1.47 bits per heavy atom. The van der Waals surface area contributed by atoms with Gasteiger partial charge in [0.2, 0.25) is 0 Å². The van der Waals surface area contributed by atoms with Crippen LogP contribution < -0.4 is 16.4 Å². The van der Waals surface area contributed by atoms with Crippen molar-refractivity contribution in [2.24, 2.45) is 11.7 Å². The summed E-state index contributed by atoms with van der Waals surface area (Å²) >= 11 is 1.46. The van der Waals surface area contributed by atoms with Crippen LogP contribution in [0.15, 0.2) is 0 Å². The molecular weight excluding hydrogens is 258 g/mol. The highest BCUT2D eigenvalue weighted by Gasteiger charge is 2.34. The predicted octanol–water partition coefficient (Wildman–Crippen LogP) is 2.79. The molecule has 4 N–H and O–H groups in total. The fourth-order valence-corrected chi connectivity index (χ4v) is 3.66. The molecule has 0 spiro atoms. The van der Waals surface area contributed by atoms with Crippen LogP contribution in [0.4, 0.5) is 10.7 Å². The van der Waals surface area contributed by atoms with E-state index in [1.165, 1.54) is 29.7 Å². The second-order valence-corrected chi connectivity index (χ2v) is 6.63. The number of nitrogens with zero attached hydrogens (tertiary/aromatic N) is 1. The van der Waals surface area contributed by atoms with Gasteiger partial charge in [0, 0.05) is 18.7 Å². The van der Waals surface area contributed by atoms with Crippen molar-refractivity contribution in [3.63, 3.8) is 0 Å². The number of amides is 1. The number of rotatable bonds is 6. The van der Waals surface area contributed by atoms with E-state index >= 15 is 0 Å². The van der Waals surface area contributed by atoms with Gasteiger partial charge in [-0.25, -0.2) is 0 Å². The molecule has 106 valence electrons. The fraction of sp³-hybridized carbons (Fsp3) is 0.643. The van der Waals surface area contributed by atoms with Crippen LogP contribution in [0.5, 0.6) is 0 Å². The zero-order chi connectivity index (χ0) is 14.2. The average molecular weight is 281 g/mol. The SMILES string of the molecule is CCN(CC(C)C)c1sc(C(N)=O)c(N)c1C1CC1. The highest BCUT2D eigenvalue weighted by atomic mass is 32.1. The smallest absolute Gasteiger partial charge is 0.260 e. The van der Waals surface area contributed by atoms with Crippen molar-refractivity contribution in [2.45, 2.75) is 39.5 Å². The molecule has 5 heteroatoms. The summed E-state index contributed by atoms with van der Waals surface area (Å²) in [6.45, 7) is 8.44. The number of hydrogen-bond acceptors (Lipinski definition) is 4. The van der Waals surface area contributed by atoms with Crippen molar-refractivity contribution >= 4 is 27.9 Å². The van der Waals surface area contributed by atoms with Crippen LogP contribution in [-0.2, 0) is 0 Å². The zero-order valence-electron chi connectivity index (χ0n) is 11.9. The van der Waals surface area contributed by atoms with Gasteiger partial charge in [0.1, 0.15) is 4.88 Å². The second kappa shape index (κ2) is 5.41. The van der Waals surface area contributed by atoms with E-state index in [9.17, 15) is 4.79 Å². The third kappa shape index (κ3) is 2.86. The molecule has 4 nitrogen and oxygen atoms in total. The summed E-state index contributed by atoms with van der Waals surface area (Å²) in [6.07, 6.45) is 2.34. The van der Waals surface area contributed by atoms with Gasteiger partial charge in [0.25, 0.3) is 5.91 Å². The molecule has 0 aromatic carbocycles. The summed E-state index contributed by atoms with van der Waals surface area (Å²) < 4.78 is 0. The van der Waals surface area contributed by atoms with Crippen molar-refractivity contribution in [1.29, 1.82) is 0 Å². The Morgan fingerprint density at radius 2 is 2.11 bits per heavy atom. The van der Waals surface area contributed by atoms with Gasteiger partial charge in [0.05, 0.1) is 10.7 Å². The lowest BCUT2D eigenvalue weighted by Gasteiger charge is -2.25. The van der Waals surface area contributed by atoms with Crippen LogP contribution in [0, 0.1) is 5.92 Å². The first-order chi connectivity index (χ1) is 8.95. The highest BCUT2D eigenvalue weighted by Crippen LogP contribution is 2.51. The molecule has 19 heavy (non-hydrogen) atoms. The maximum atomic E-state index is 11.5. The standard InChI is InChI=1S/C14H23N3OS/c1-4-17(7-8(2)3)14-10(9-5-6-9)11(15)12(19-14)13(16)18/h8-9H,4-7,15H2,1-3H3,(H2,16,18). The van der Waals surface area contributed by atoms with Crippen molar-refractivity contribution in [1.82, 2.24) is 0 Å². The molecule has 1 saturated carbocycles. The molecule has 0 atom stereocenters. The number of carbonyl (C=O) groups excluding carboxylic acids is 1. The number of thiophene rings is 1. The maximum Gasteiger partial charge on any atom is 0.260 e. The number of primary amides is 1. The minimum atomic E-state index is -0.406. The molecule has 1 amide bonds. The van der Waals surface area contributed by atoms with E-state index in [1.807, 2.05) is 0 Å². The highest BCUT2D eigenvalue weighted by molar-refractivity contribution is 7.18. The lowest BCUT2D eigenvalue weighted by atomic mass is 10.1. The molecule has 1 aromatic heterocycles. The van der Waals surface area contributed by atoms with Crippen LogP contribution in [0.25, 0.3) is 0 Å². The number of nitrogens with two attached hydrogens (primary N) is 2. The molecule has 1 aliphatic rings. The molecule has 1 fully saturated rings. The van der Waals surface area contributed by atoms with Crippen molar-refractivity contribution in [2.75, 3.05) is 23.7 Å². The minimum absolute atomic E-state index is 0.406. The quantitative estimate of drug-likeness (QED) is 0.842. The molecule has 0 unspecified atom stereocenters. The van der Waals surface area contributed by atoms with Crippen LogP contribution in [0.1, 0.15) is 54.8 Å². The van der Waals surface area contributed by atoms with Gasteiger partial charge >= 0.3 is 0 Å². The predicted molar refractivity (Wildman–Crippen MR) is 81.9 cm³/mol. The number of nitrogen functional groups attached to an aromatic ring is 1. The lowest BCUT2D eigenvalue weighted by molar-refractivity contribution is 0.100. The Labute approximate surface area is 118 Å². The van der Waals surface area contributed by atoms with Crippen molar-refractivity contribution < 1.29 is 4.79 Å². The normalized spacial score (nSPS) is 14.9. The average Bonchev–Trinajstić information content (AvgIpc) is 3.09. The van der Waals surface area contributed by atoms with Gasteiger partial charge in [-0.15, -0.1) is 11.3 Å². The summed E-state index contributed by atoms with van der Waals surface area (Å²) in [5.74, 6) is 0.698. The van der Waals surface area contributed by atoms with E-state index in [-0.39, 0.29) is 0 Å². The fourth-order valence-electron chi connectivity index (χ4n) is 2.42. The first kappa shape index (κ1) is 14.2. The topological polar surface area (TPSA) is 72.3 Å². The minimum Gasteiger partial charge on any atom is -0.397 e. The van der Waals surface area contributed by atoms with Gasteiger partial charge < -0.3 is 16.4 Å². The van der Waals surface area contributed by atoms with Gasteiger partial charge in [-0.05, 0) is 31.6 Å². The third-order valence-corrected chi connectivity index (χ3v) is 4.72. The summed E-state index contributed by atoms with van der Waals surface area (Å²) in [7, 11) is 0. The monoisotopic (exact) mass is 281 g/mol. The molecule has 0 aliphatic heterocycles. The summed E-state index contributed by atoms with van der Waals surface area (Å²) in [5, 5.41) is 1.16. The molecule has 1 aliphatic carbocycles. The van der Waals surface area contributed by atoms with E-state index in [0.29, 0.717) is 22.4 Å². The summed E-state index contributed by atoms with van der Waals surface area (Å²) in [6, 6.07) is 0. The van der Waals surface area contributed by atoms with Gasteiger partial charge in [0.15, 0.2) is 0 Å². The molecule has 0 saturated heterocycles. The molecule has 1 heterocycles. The largest absolute Gasteiger partial charge is 0.397 e. The van der Waals surface area contributed by atoms with Gasteiger partial charge in [-0.2, -0.15) is 0 Å². The van der Waals surface area contributed by atoms with Crippen molar-refractivity contribution in [3.05, 3.63) is 10.4 Å². The first-order valence-electron chi connectivity index (χ1n) is 6.92. The molecule has 2 rings (SSSR count). The molecular formula is C14H23N3OS. The van der Waals surface area contributed by atoms with Gasteiger partial charge in [-0.1, -0.05) is 13.8 Å². The molecule has 0 radical (unpaired) electrons. The Hall–Kier alpha value is -1.23. The van der Waals surface area contributed by atoms with Crippen LogP contribution in [0.3, 0.4) is 0 Å². The Bertz CT molecular complexity index is 477. The summed E-state index contributed by atoms with van der Waals surface area (Å²) in [5.41, 5.74) is 13.4. The zero-order valence-corrected chi connectivity index (χ0v) is 12.7. The Kier molecular flexibility index (Phi) is 4.04.